The van der Waals surface area contributed by atoms with Crippen LogP contribution in [0, 0.1) is 0 Å². The van der Waals surface area contributed by atoms with E-state index in [1.165, 1.54) is 0 Å². The van der Waals surface area contributed by atoms with Gasteiger partial charge in [0.15, 0.2) is 0 Å². The Labute approximate surface area is 270 Å². The summed E-state index contributed by atoms with van der Waals surface area (Å²) >= 11 is 0. The van der Waals surface area contributed by atoms with Gasteiger partial charge in [-0.15, -0.1) is 0 Å². The number of rotatable bonds is 20. The molecule has 260 valence electrons. The molecule has 43 heavy (non-hydrogen) atoms. The highest BCUT2D eigenvalue weighted by Gasteiger charge is 2.57. The van der Waals surface area contributed by atoms with Gasteiger partial charge in [-0.3, -0.25) is 0 Å². The number of hydrogen-bond donors (Lipinski definition) is 0. The first-order chi connectivity index (χ1) is 19.3. The van der Waals surface area contributed by atoms with Crippen molar-refractivity contribution >= 4 is 34.2 Å². The van der Waals surface area contributed by atoms with E-state index in [4.69, 9.17) is 40.1 Å². The summed E-state index contributed by atoms with van der Waals surface area (Å²) < 4.78 is 60.1. The Bertz CT molecular complexity index is 718. The average Bonchev–Trinajstić information content (AvgIpc) is 2.89. The standard InChI is InChI=1S/C30H70O9Si4/c1-19-40(31-17,23-33-27(5,6)7)37-42(21-3,25-35-29(11,12)13)39-43(22-4,26-36-30(14,15)16)38-41(20-2,32-18)24-34-28(8,9)10/h19-26H2,1-18H3. The molecular formula is C30H70O9Si4. The van der Waals surface area contributed by atoms with Crippen molar-refractivity contribution in [2.75, 3.05) is 39.1 Å². The lowest BCUT2D eigenvalue weighted by molar-refractivity contribution is -0.00860. The Morgan fingerprint density at radius 2 is 0.535 bits per heavy atom. The van der Waals surface area contributed by atoms with E-state index in [-0.39, 0.29) is 22.4 Å². The van der Waals surface area contributed by atoms with E-state index in [0.29, 0.717) is 49.1 Å². The highest BCUT2D eigenvalue weighted by atomic mass is 28.5. The Morgan fingerprint density at radius 1 is 0.349 bits per heavy atom. The highest BCUT2D eigenvalue weighted by Crippen LogP contribution is 2.34. The lowest BCUT2D eigenvalue weighted by Crippen LogP contribution is -2.68. The van der Waals surface area contributed by atoms with Gasteiger partial charge in [0.05, 0.1) is 47.3 Å². The molecule has 0 amide bonds. The van der Waals surface area contributed by atoms with Crippen molar-refractivity contribution in [1.82, 2.24) is 0 Å². The third kappa shape index (κ3) is 16.8. The van der Waals surface area contributed by atoms with Gasteiger partial charge >= 0.3 is 34.2 Å². The molecule has 0 radical (unpaired) electrons. The van der Waals surface area contributed by atoms with Crippen LogP contribution < -0.4 is 0 Å². The first kappa shape index (κ1) is 43.5. The molecular weight excluding hydrogens is 617 g/mol. The first-order valence-electron chi connectivity index (χ1n) is 16.1. The molecule has 0 aliphatic rings. The predicted octanol–water partition coefficient (Wildman–Crippen LogP) is 7.59. The molecule has 0 aromatic carbocycles. The summed E-state index contributed by atoms with van der Waals surface area (Å²) in [6.07, 6.45) is 1.45. The highest BCUT2D eigenvalue weighted by molar-refractivity contribution is 6.89. The smallest absolute Gasteiger partial charge is 0.355 e. The molecule has 0 aromatic heterocycles. The molecule has 4 unspecified atom stereocenters. The van der Waals surface area contributed by atoms with Gasteiger partial charge in [-0.2, -0.15) is 0 Å². The van der Waals surface area contributed by atoms with Crippen molar-refractivity contribution in [1.29, 1.82) is 0 Å². The summed E-state index contributed by atoms with van der Waals surface area (Å²) in [6.45, 7) is 33.1. The van der Waals surface area contributed by atoms with Crippen LogP contribution in [-0.4, -0.2) is 95.8 Å². The number of hydrogen-bond acceptors (Lipinski definition) is 9. The van der Waals surface area contributed by atoms with Crippen LogP contribution in [-0.2, 0) is 40.1 Å². The summed E-state index contributed by atoms with van der Waals surface area (Å²) in [6, 6.07) is 2.71. The van der Waals surface area contributed by atoms with Crippen molar-refractivity contribution in [2.45, 2.75) is 157 Å². The molecule has 9 nitrogen and oxygen atoms in total. The molecule has 0 N–H and O–H groups in total. The van der Waals surface area contributed by atoms with E-state index in [0.717, 1.165) is 0 Å². The molecule has 0 aliphatic heterocycles. The third-order valence-electron chi connectivity index (χ3n) is 6.92. The summed E-state index contributed by atoms with van der Waals surface area (Å²) in [5.41, 5.74) is -1.45. The van der Waals surface area contributed by atoms with Crippen LogP contribution in [0.2, 0.25) is 24.2 Å². The van der Waals surface area contributed by atoms with Crippen LogP contribution in [0.5, 0.6) is 0 Å². The third-order valence-corrected chi connectivity index (χ3v) is 24.0. The Kier molecular flexibility index (Phi) is 17.3. The Morgan fingerprint density at radius 3 is 0.698 bits per heavy atom. The fraction of sp³-hybridized carbons (Fsp3) is 1.00. The minimum atomic E-state index is -3.17. The van der Waals surface area contributed by atoms with Crippen molar-refractivity contribution in [2.24, 2.45) is 0 Å². The molecule has 0 rings (SSSR count). The van der Waals surface area contributed by atoms with Crippen LogP contribution in [0.25, 0.3) is 0 Å². The van der Waals surface area contributed by atoms with E-state index < -0.39 is 34.2 Å². The minimum Gasteiger partial charge on any atom is -0.413 e. The fourth-order valence-corrected chi connectivity index (χ4v) is 22.9. The molecule has 4 atom stereocenters. The maximum atomic E-state index is 7.48. The van der Waals surface area contributed by atoms with Crippen molar-refractivity contribution in [3.05, 3.63) is 0 Å². The summed E-state index contributed by atoms with van der Waals surface area (Å²) in [7, 11) is -8.64. The monoisotopic (exact) mass is 686 g/mol. The lowest BCUT2D eigenvalue weighted by Gasteiger charge is -2.47. The minimum absolute atomic E-state index is 0.334. The second-order valence-corrected chi connectivity index (χ2v) is 29.9. The van der Waals surface area contributed by atoms with E-state index in [9.17, 15) is 0 Å². The summed E-state index contributed by atoms with van der Waals surface area (Å²) in [5.74, 6) is 0. The van der Waals surface area contributed by atoms with E-state index >= 15 is 0 Å². The lowest BCUT2D eigenvalue weighted by atomic mass is 10.2. The quantitative estimate of drug-likeness (QED) is 0.120. The Hall–Kier alpha value is 0.508. The van der Waals surface area contributed by atoms with Crippen LogP contribution >= 0.6 is 0 Å². The van der Waals surface area contributed by atoms with Crippen LogP contribution in [0.4, 0.5) is 0 Å². The van der Waals surface area contributed by atoms with Gasteiger partial charge in [-0.05, 0) is 107 Å². The molecule has 0 bridgehead atoms. The zero-order valence-electron chi connectivity index (χ0n) is 31.3. The van der Waals surface area contributed by atoms with E-state index in [1.807, 2.05) is 41.5 Å². The first-order valence-corrected chi connectivity index (χ1v) is 25.0. The molecule has 0 saturated heterocycles. The predicted molar refractivity (Wildman–Crippen MR) is 185 cm³/mol. The maximum Gasteiger partial charge on any atom is 0.355 e. The van der Waals surface area contributed by atoms with Crippen molar-refractivity contribution in [3.63, 3.8) is 0 Å². The molecule has 0 aliphatic carbocycles. The molecule has 13 heteroatoms. The average molecular weight is 687 g/mol. The molecule has 0 aromatic rings. The normalized spacial score (nSPS) is 19.4. The second kappa shape index (κ2) is 17.1. The van der Waals surface area contributed by atoms with Crippen molar-refractivity contribution < 1.29 is 40.1 Å². The second-order valence-electron chi connectivity index (χ2n) is 15.4. The summed E-state index contributed by atoms with van der Waals surface area (Å²) in [4.78, 5) is 0. The SMILES string of the molecule is CC[Si](COC(C)(C)C)(OC)O[Si](CC)(COC(C)(C)C)O[Si](CC)(COC(C)(C)C)O[Si](CC)(COC(C)(C)C)OC. The van der Waals surface area contributed by atoms with Gasteiger partial charge in [0.25, 0.3) is 0 Å². The van der Waals surface area contributed by atoms with Gasteiger partial charge in [0.1, 0.15) is 0 Å². The van der Waals surface area contributed by atoms with Crippen LogP contribution in [0.1, 0.15) is 111 Å². The van der Waals surface area contributed by atoms with Gasteiger partial charge < -0.3 is 40.1 Å². The molecule has 0 fully saturated rings. The Balaban J connectivity index is 7.09. The molecule has 0 heterocycles. The van der Waals surface area contributed by atoms with E-state index in [2.05, 4.69) is 69.2 Å². The zero-order valence-corrected chi connectivity index (χ0v) is 35.3. The van der Waals surface area contributed by atoms with Crippen LogP contribution in [0.3, 0.4) is 0 Å². The maximum absolute atomic E-state index is 7.48. The molecule has 0 spiro atoms. The van der Waals surface area contributed by atoms with Gasteiger partial charge in [-0.25, -0.2) is 0 Å². The van der Waals surface area contributed by atoms with Crippen LogP contribution in [0.15, 0.2) is 0 Å². The number of ether oxygens (including phenoxy) is 4. The largest absolute Gasteiger partial charge is 0.413 e. The van der Waals surface area contributed by atoms with E-state index in [1.54, 1.807) is 14.2 Å². The van der Waals surface area contributed by atoms with Gasteiger partial charge in [0.2, 0.25) is 0 Å². The topological polar surface area (TPSA) is 83.1 Å². The van der Waals surface area contributed by atoms with Gasteiger partial charge in [0, 0.05) is 14.2 Å². The molecule has 0 saturated carbocycles. The zero-order chi connectivity index (χ0) is 34.0. The summed E-state index contributed by atoms with van der Waals surface area (Å²) in [5, 5.41) is 0. The fourth-order valence-electron chi connectivity index (χ4n) is 3.87. The van der Waals surface area contributed by atoms with Crippen molar-refractivity contribution in [3.8, 4) is 0 Å². The van der Waals surface area contributed by atoms with Gasteiger partial charge in [-0.1, -0.05) is 27.7 Å².